The summed E-state index contributed by atoms with van der Waals surface area (Å²) in [7, 11) is 0. The highest BCUT2D eigenvalue weighted by Crippen LogP contribution is 2.19. The second-order valence-electron chi connectivity index (χ2n) is 5.81. The SMILES string of the molecule is Cc1ccc(C)c(OCCC(=O)OC(C)C(=O)Nc2cc(C)on2)c1. The number of benzene rings is 1. The molecule has 0 bridgehead atoms. The Morgan fingerprint density at radius 3 is 2.68 bits per heavy atom. The van der Waals surface area contributed by atoms with E-state index in [-0.39, 0.29) is 18.8 Å². The third kappa shape index (κ3) is 5.63. The van der Waals surface area contributed by atoms with E-state index in [0.29, 0.717) is 5.76 Å². The molecule has 0 spiro atoms. The van der Waals surface area contributed by atoms with Crippen molar-refractivity contribution in [2.24, 2.45) is 0 Å². The Kier molecular flexibility index (Phi) is 6.16. The summed E-state index contributed by atoms with van der Waals surface area (Å²) in [5.74, 6) is 0.605. The van der Waals surface area contributed by atoms with Crippen LogP contribution in [0.2, 0.25) is 0 Å². The number of nitrogens with zero attached hydrogens (tertiary/aromatic N) is 1. The van der Waals surface area contributed by atoms with Gasteiger partial charge in [-0.05, 0) is 44.9 Å². The van der Waals surface area contributed by atoms with Gasteiger partial charge in [0.05, 0.1) is 13.0 Å². The van der Waals surface area contributed by atoms with Crippen LogP contribution in [0.5, 0.6) is 5.75 Å². The maximum atomic E-state index is 11.9. The van der Waals surface area contributed by atoms with Crippen molar-refractivity contribution in [3.63, 3.8) is 0 Å². The molecule has 1 atom stereocenters. The van der Waals surface area contributed by atoms with Crippen molar-refractivity contribution in [3.05, 3.63) is 41.2 Å². The van der Waals surface area contributed by atoms with Crippen molar-refractivity contribution in [2.75, 3.05) is 11.9 Å². The van der Waals surface area contributed by atoms with Gasteiger partial charge < -0.3 is 19.3 Å². The highest BCUT2D eigenvalue weighted by molar-refractivity contribution is 5.94. The number of rotatable bonds is 7. The summed E-state index contributed by atoms with van der Waals surface area (Å²) in [5, 5.41) is 6.16. The number of anilines is 1. The van der Waals surface area contributed by atoms with Crippen LogP contribution in [0.1, 0.15) is 30.2 Å². The molecule has 134 valence electrons. The van der Waals surface area contributed by atoms with Gasteiger partial charge in [0.2, 0.25) is 0 Å². The summed E-state index contributed by atoms with van der Waals surface area (Å²) in [6.45, 7) is 7.29. The molecule has 0 fully saturated rings. The van der Waals surface area contributed by atoms with E-state index in [1.165, 1.54) is 6.92 Å². The van der Waals surface area contributed by atoms with E-state index in [9.17, 15) is 9.59 Å². The number of aryl methyl sites for hydroxylation is 3. The number of hydrogen-bond donors (Lipinski definition) is 1. The Bertz CT molecular complexity index is 754. The third-order valence-corrected chi connectivity index (χ3v) is 3.46. The van der Waals surface area contributed by atoms with Crippen LogP contribution in [0.25, 0.3) is 0 Å². The van der Waals surface area contributed by atoms with Crippen LogP contribution >= 0.6 is 0 Å². The van der Waals surface area contributed by atoms with Gasteiger partial charge in [-0.3, -0.25) is 9.59 Å². The number of carbonyl (C=O) groups excluding carboxylic acids is 2. The first-order valence-corrected chi connectivity index (χ1v) is 7.99. The van der Waals surface area contributed by atoms with Crippen LogP contribution in [0.4, 0.5) is 5.82 Å². The molecule has 1 heterocycles. The first kappa shape index (κ1) is 18.5. The van der Waals surface area contributed by atoms with Gasteiger partial charge in [-0.15, -0.1) is 0 Å². The topological polar surface area (TPSA) is 90.7 Å². The van der Waals surface area contributed by atoms with E-state index in [4.69, 9.17) is 14.0 Å². The van der Waals surface area contributed by atoms with Crippen LogP contribution in [0, 0.1) is 20.8 Å². The van der Waals surface area contributed by atoms with Crippen molar-refractivity contribution in [2.45, 2.75) is 40.2 Å². The molecule has 0 saturated heterocycles. The quantitative estimate of drug-likeness (QED) is 0.775. The van der Waals surface area contributed by atoms with Gasteiger partial charge in [-0.25, -0.2) is 0 Å². The smallest absolute Gasteiger partial charge is 0.310 e. The highest BCUT2D eigenvalue weighted by Gasteiger charge is 2.19. The first-order chi connectivity index (χ1) is 11.8. The molecular formula is C18H22N2O5. The van der Waals surface area contributed by atoms with Crippen LogP contribution in [-0.4, -0.2) is 29.7 Å². The van der Waals surface area contributed by atoms with Crippen LogP contribution in [0.15, 0.2) is 28.8 Å². The van der Waals surface area contributed by atoms with Crippen molar-refractivity contribution in [3.8, 4) is 5.75 Å². The largest absolute Gasteiger partial charge is 0.493 e. The lowest BCUT2D eigenvalue weighted by Gasteiger charge is -2.13. The number of aromatic nitrogens is 1. The van der Waals surface area contributed by atoms with Gasteiger partial charge in [0.15, 0.2) is 11.9 Å². The molecule has 1 amide bonds. The highest BCUT2D eigenvalue weighted by atomic mass is 16.6. The van der Waals surface area contributed by atoms with E-state index in [0.717, 1.165) is 16.9 Å². The van der Waals surface area contributed by atoms with E-state index in [1.54, 1.807) is 13.0 Å². The summed E-state index contributed by atoms with van der Waals surface area (Å²) in [6.07, 6.45) is -0.890. The zero-order valence-corrected chi connectivity index (χ0v) is 14.8. The van der Waals surface area contributed by atoms with E-state index in [2.05, 4.69) is 10.5 Å². The number of nitrogens with one attached hydrogen (secondary N) is 1. The van der Waals surface area contributed by atoms with Gasteiger partial charge in [0.1, 0.15) is 11.5 Å². The van der Waals surface area contributed by atoms with Crippen molar-refractivity contribution in [1.82, 2.24) is 5.16 Å². The molecule has 7 nitrogen and oxygen atoms in total. The molecule has 2 rings (SSSR count). The van der Waals surface area contributed by atoms with Crippen LogP contribution in [-0.2, 0) is 14.3 Å². The molecule has 0 aliphatic carbocycles. The molecule has 1 aromatic heterocycles. The van der Waals surface area contributed by atoms with Gasteiger partial charge in [0, 0.05) is 6.07 Å². The minimum absolute atomic E-state index is 0.0497. The van der Waals surface area contributed by atoms with Gasteiger partial charge >= 0.3 is 5.97 Å². The lowest BCUT2D eigenvalue weighted by atomic mass is 10.1. The summed E-state index contributed by atoms with van der Waals surface area (Å²) in [5.41, 5.74) is 2.08. The minimum atomic E-state index is -0.940. The lowest BCUT2D eigenvalue weighted by Crippen LogP contribution is -2.30. The molecule has 7 heteroatoms. The molecule has 1 aromatic carbocycles. The number of hydrogen-bond acceptors (Lipinski definition) is 6. The number of carbonyl (C=O) groups is 2. The molecule has 2 aromatic rings. The molecule has 0 aliphatic rings. The molecule has 0 saturated carbocycles. The minimum Gasteiger partial charge on any atom is -0.493 e. The summed E-state index contributed by atoms with van der Waals surface area (Å²) in [4.78, 5) is 23.8. The predicted molar refractivity (Wildman–Crippen MR) is 91.5 cm³/mol. The summed E-state index contributed by atoms with van der Waals surface area (Å²) < 4.78 is 15.5. The Balaban J connectivity index is 1.75. The number of amides is 1. The van der Waals surface area contributed by atoms with Crippen molar-refractivity contribution >= 4 is 17.7 Å². The van der Waals surface area contributed by atoms with Gasteiger partial charge in [-0.1, -0.05) is 17.3 Å². The zero-order chi connectivity index (χ0) is 18.4. The monoisotopic (exact) mass is 346 g/mol. The normalized spacial score (nSPS) is 11.7. The standard InChI is InChI=1S/C18H22N2O5/c1-11-5-6-12(2)15(9-11)23-8-7-17(21)24-14(4)18(22)19-16-10-13(3)25-20-16/h5-6,9-10,14H,7-8H2,1-4H3,(H,19,20,22). The van der Waals surface area contributed by atoms with Crippen LogP contribution in [0.3, 0.4) is 0 Å². The molecule has 1 unspecified atom stereocenters. The molecule has 1 N–H and O–H groups in total. The molecular weight excluding hydrogens is 324 g/mol. The fraction of sp³-hybridized carbons (Fsp3) is 0.389. The fourth-order valence-corrected chi connectivity index (χ4v) is 2.07. The average Bonchev–Trinajstić information content (AvgIpc) is 2.95. The van der Waals surface area contributed by atoms with Crippen LogP contribution < -0.4 is 10.1 Å². The first-order valence-electron chi connectivity index (χ1n) is 7.99. The maximum Gasteiger partial charge on any atom is 0.310 e. The Hall–Kier alpha value is -2.83. The second kappa shape index (κ2) is 8.32. The summed E-state index contributed by atoms with van der Waals surface area (Å²) in [6, 6.07) is 7.44. The van der Waals surface area contributed by atoms with Gasteiger partial charge in [0.25, 0.3) is 5.91 Å². The number of ether oxygens (including phenoxy) is 2. The van der Waals surface area contributed by atoms with Crippen molar-refractivity contribution < 1.29 is 23.6 Å². The van der Waals surface area contributed by atoms with E-state index < -0.39 is 18.0 Å². The predicted octanol–water partition coefficient (Wildman–Crippen LogP) is 2.94. The van der Waals surface area contributed by atoms with Crippen molar-refractivity contribution in [1.29, 1.82) is 0 Å². The third-order valence-electron chi connectivity index (χ3n) is 3.46. The molecule has 25 heavy (non-hydrogen) atoms. The van der Waals surface area contributed by atoms with E-state index in [1.807, 2.05) is 32.0 Å². The Morgan fingerprint density at radius 1 is 1.24 bits per heavy atom. The second-order valence-corrected chi connectivity index (χ2v) is 5.81. The van der Waals surface area contributed by atoms with E-state index >= 15 is 0 Å². The molecule has 0 aliphatic heterocycles. The number of esters is 1. The fourth-order valence-electron chi connectivity index (χ4n) is 2.07. The molecule has 0 radical (unpaired) electrons. The van der Waals surface area contributed by atoms with Gasteiger partial charge in [-0.2, -0.15) is 0 Å². The Labute approximate surface area is 146 Å². The lowest BCUT2D eigenvalue weighted by molar-refractivity contribution is -0.153. The summed E-state index contributed by atoms with van der Waals surface area (Å²) >= 11 is 0. The maximum absolute atomic E-state index is 11.9. The average molecular weight is 346 g/mol. The Morgan fingerprint density at radius 2 is 2.00 bits per heavy atom. The zero-order valence-electron chi connectivity index (χ0n) is 14.8.